The van der Waals surface area contributed by atoms with Gasteiger partial charge in [-0.15, -0.1) is 0 Å². The molecule has 106 valence electrons. The first-order valence-electron chi connectivity index (χ1n) is 7.76. The summed E-state index contributed by atoms with van der Waals surface area (Å²) < 4.78 is 12.0. The predicted molar refractivity (Wildman–Crippen MR) is 71.4 cm³/mol. The zero-order valence-electron chi connectivity index (χ0n) is 11.5. The van der Waals surface area contributed by atoms with Gasteiger partial charge in [-0.05, 0) is 19.3 Å². The fraction of sp³-hybridized carbons (Fsp3) is 1.00. The van der Waals surface area contributed by atoms with Gasteiger partial charge in [-0.25, -0.2) is 0 Å². The van der Waals surface area contributed by atoms with Crippen molar-refractivity contribution in [3.63, 3.8) is 0 Å². The van der Waals surface area contributed by atoms with E-state index in [-0.39, 0.29) is 12.4 Å². The molecular weight excluding hydrogens is 228 g/mol. The van der Waals surface area contributed by atoms with Gasteiger partial charge < -0.3 is 14.6 Å². The standard InChI is InChI=1S/C15H28O3/c16-11-7-10-15(17-12-13-18-15)14-8-5-3-1-2-4-6-9-14/h14,16H,1-13H2. The van der Waals surface area contributed by atoms with Gasteiger partial charge in [-0.3, -0.25) is 0 Å². The van der Waals surface area contributed by atoms with Crippen molar-refractivity contribution in [2.75, 3.05) is 19.8 Å². The topological polar surface area (TPSA) is 38.7 Å². The predicted octanol–water partition coefficient (Wildman–Crippen LogP) is 3.25. The van der Waals surface area contributed by atoms with Crippen LogP contribution >= 0.6 is 0 Å². The van der Waals surface area contributed by atoms with E-state index in [2.05, 4.69) is 0 Å². The van der Waals surface area contributed by atoms with Gasteiger partial charge in [-0.2, -0.15) is 0 Å². The van der Waals surface area contributed by atoms with Gasteiger partial charge >= 0.3 is 0 Å². The van der Waals surface area contributed by atoms with Crippen LogP contribution in [0.2, 0.25) is 0 Å². The maximum absolute atomic E-state index is 9.07. The maximum Gasteiger partial charge on any atom is 0.171 e. The molecule has 0 radical (unpaired) electrons. The molecular formula is C15H28O3. The van der Waals surface area contributed by atoms with Crippen LogP contribution in [0.1, 0.15) is 64.2 Å². The summed E-state index contributed by atoms with van der Waals surface area (Å²) >= 11 is 0. The van der Waals surface area contributed by atoms with Crippen LogP contribution in [-0.2, 0) is 9.47 Å². The summed E-state index contributed by atoms with van der Waals surface area (Å²) in [7, 11) is 0. The Bertz CT molecular complexity index is 214. The third-order valence-corrected chi connectivity index (χ3v) is 4.44. The highest BCUT2D eigenvalue weighted by Crippen LogP contribution is 2.39. The van der Waals surface area contributed by atoms with Crippen LogP contribution in [0.4, 0.5) is 0 Å². The van der Waals surface area contributed by atoms with Crippen molar-refractivity contribution in [2.45, 2.75) is 70.0 Å². The highest BCUT2D eigenvalue weighted by molar-refractivity contribution is 4.83. The van der Waals surface area contributed by atoms with Crippen molar-refractivity contribution in [3.8, 4) is 0 Å². The van der Waals surface area contributed by atoms with Gasteiger partial charge in [0.05, 0.1) is 13.2 Å². The molecule has 0 atom stereocenters. The van der Waals surface area contributed by atoms with Gasteiger partial charge in [0.15, 0.2) is 5.79 Å². The summed E-state index contributed by atoms with van der Waals surface area (Å²) in [5, 5.41) is 9.07. The van der Waals surface area contributed by atoms with E-state index in [9.17, 15) is 0 Å². The largest absolute Gasteiger partial charge is 0.396 e. The van der Waals surface area contributed by atoms with Crippen molar-refractivity contribution < 1.29 is 14.6 Å². The van der Waals surface area contributed by atoms with Crippen molar-refractivity contribution >= 4 is 0 Å². The van der Waals surface area contributed by atoms with E-state index in [0.29, 0.717) is 5.92 Å². The molecule has 1 saturated heterocycles. The first-order chi connectivity index (χ1) is 8.87. The molecule has 2 fully saturated rings. The molecule has 1 N–H and O–H groups in total. The lowest BCUT2D eigenvalue weighted by molar-refractivity contribution is -0.205. The summed E-state index contributed by atoms with van der Waals surface area (Å²) in [5.41, 5.74) is 0. The zero-order chi connectivity index (χ0) is 12.7. The van der Waals surface area contributed by atoms with E-state index >= 15 is 0 Å². The summed E-state index contributed by atoms with van der Waals surface area (Å²) in [4.78, 5) is 0. The van der Waals surface area contributed by atoms with Crippen molar-refractivity contribution in [1.29, 1.82) is 0 Å². The normalized spacial score (nSPS) is 26.5. The second-order valence-electron chi connectivity index (χ2n) is 5.73. The fourth-order valence-electron chi connectivity index (χ4n) is 3.45. The lowest BCUT2D eigenvalue weighted by Gasteiger charge is -2.36. The summed E-state index contributed by atoms with van der Waals surface area (Å²) in [6.45, 7) is 1.69. The molecule has 0 aromatic heterocycles. The molecule has 0 aromatic carbocycles. The third-order valence-electron chi connectivity index (χ3n) is 4.44. The number of hydrogen-bond acceptors (Lipinski definition) is 3. The van der Waals surface area contributed by atoms with Gasteiger partial charge in [0.2, 0.25) is 0 Å². The first kappa shape index (κ1) is 14.3. The SMILES string of the molecule is OCCCC1(C2CCCCCCCC2)OCCO1. The average molecular weight is 256 g/mol. The molecule has 1 aliphatic heterocycles. The molecule has 18 heavy (non-hydrogen) atoms. The Labute approximate surface area is 111 Å². The average Bonchev–Trinajstić information content (AvgIpc) is 2.90. The van der Waals surface area contributed by atoms with Crippen LogP contribution in [0.3, 0.4) is 0 Å². The van der Waals surface area contributed by atoms with Crippen molar-refractivity contribution in [3.05, 3.63) is 0 Å². The summed E-state index contributed by atoms with van der Waals surface area (Å²) in [6.07, 6.45) is 12.2. The molecule has 3 nitrogen and oxygen atoms in total. The second kappa shape index (κ2) is 7.46. The molecule has 1 saturated carbocycles. The highest BCUT2D eigenvalue weighted by Gasteiger charge is 2.42. The minimum absolute atomic E-state index is 0.237. The summed E-state index contributed by atoms with van der Waals surface area (Å²) in [6, 6.07) is 0. The number of rotatable bonds is 4. The molecule has 0 bridgehead atoms. The second-order valence-corrected chi connectivity index (χ2v) is 5.73. The molecule has 0 unspecified atom stereocenters. The van der Waals surface area contributed by atoms with E-state index in [1.54, 1.807) is 0 Å². The Morgan fingerprint density at radius 3 is 2.00 bits per heavy atom. The molecule has 1 heterocycles. The Morgan fingerprint density at radius 1 is 0.889 bits per heavy atom. The number of hydrogen-bond donors (Lipinski definition) is 1. The van der Waals surface area contributed by atoms with E-state index < -0.39 is 0 Å². The lowest BCUT2D eigenvalue weighted by Crippen LogP contribution is -2.39. The monoisotopic (exact) mass is 256 g/mol. The van der Waals surface area contributed by atoms with Gasteiger partial charge in [0.1, 0.15) is 0 Å². The van der Waals surface area contributed by atoms with Crippen LogP contribution in [0.15, 0.2) is 0 Å². The fourth-order valence-corrected chi connectivity index (χ4v) is 3.45. The van der Waals surface area contributed by atoms with Crippen LogP contribution in [-0.4, -0.2) is 30.7 Å². The minimum atomic E-state index is -0.368. The van der Waals surface area contributed by atoms with Gasteiger partial charge in [0.25, 0.3) is 0 Å². The molecule has 2 aliphatic rings. The summed E-state index contributed by atoms with van der Waals surface area (Å²) in [5.74, 6) is 0.164. The van der Waals surface area contributed by atoms with Crippen LogP contribution in [0.5, 0.6) is 0 Å². The number of ether oxygens (including phenoxy) is 2. The molecule has 0 spiro atoms. The Balaban J connectivity index is 1.97. The van der Waals surface area contributed by atoms with E-state index in [4.69, 9.17) is 14.6 Å². The van der Waals surface area contributed by atoms with E-state index in [1.807, 2.05) is 0 Å². The molecule has 3 heteroatoms. The maximum atomic E-state index is 9.07. The van der Waals surface area contributed by atoms with E-state index in [1.165, 1.54) is 51.4 Å². The molecule has 0 amide bonds. The molecule has 2 rings (SSSR count). The Kier molecular flexibility index (Phi) is 5.93. The molecule has 0 aromatic rings. The minimum Gasteiger partial charge on any atom is -0.396 e. The van der Waals surface area contributed by atoms with Crippen molar-refractivity contribution in [1.82, 2.24) is 0 Å². The van der Waals surface area contributed by atoms with Gasteiger partial charge in [-0.1, -0.05) is 38.5 Å². The Hall–Kier alpha value is -0.120. The first-order valence-corrected chi connectivity index (χ1v) is 7.76. The van der Waals surface area contributed by atoms with E-state index in [0.717, 1.165) is 26.1 Å². The lowest BCUT2D eigenvalue weighted by atomic mass is 9.86. The number of aliphatic hydroxyl groups is 1. The van der Waals surface area contributed by atoms with Crippen LogP contribution in [0, 0.1) is 5.92 Å². The van der Waals surface area contributed by atoms with Crippen LogP contribution < -0.4 is 0 Å². The Morgan fingerprint density at radius 2 is 1.44 bits per heavy atom. The highest BCUT2D eigenvalue weighted by atomic mass is 16.7. The molecule has 1 aliphatic carbocycles. The smallest absolute Gasteiger partial charge is 0.171 e. The quantitative estimate of drug-likeness (QED) is 0.839. The third kappa shape index (κ3) is 3.69. The van der Waals surface area contributed by atoms with Crippen molar-refractivity contribution in [2.24, 2.45) is 5.92 Å². The van der Waals surface area contributed by atoms with Gasteiger partial charge in [0, 0.05) is 18.9 Å². The zero-order valence-corrected chi connectivity index (χ0v) is 11.5. The number of aliphatic hydroxyl groups excluding tert-OH is 1. The van der Waals surface area contributed by atoms with Crippen LogP contribution in [0.25, 0.3) is 0 Å².